The van der Waals surface area contributed by atoms with E-state index in [1.807, 2.05) is 18.2 Å². The van der Waals surface area contributed by atoms with E-state index >= 15 is 0 Å². The average molecular weight is 266 g/mol. The Balaban J connectivity index is 0.000000357. The molecule has 0 radical (unpaired) electrons. The van der Waals surface area contributed by atoms with Crippen molar-refractivity contribution in [3.63, 3.8) is 0 Å². The molecule has 0 aromatic heterocycles. The summed E-state index contributed by atoms with van der Waals surface area (Å²) in [5, 5.41) is 6.63. The summed E-state index contributed by atoms with van der Waals surface area (Å²) in [5.41, 5.74) is 4.47. The first kappa shape index (κ1) is 14.1. The van der Waals surface area contributed by atoms with Crippen LogP contribution in [0.3, 0.4) is 0 Å². The number of carbonyl (C=O) groups is 1. The Kier molecular flexibility index (Phi) is 4.41. The number of nitrogens with two attached hydrogens (primary N) is 2. The fourth-order valence-corrected chi connectivity index (χ4v) is 2.20. The maximum Gasteiger partial charge on any atom is 0.238 e. The molecule has 0 atom stereocenters. The lowest BCUT2D eigenvalue weighted by molar-refractivity contribution is -0.115. The standard InChI is InChI=1S/C10H9NO2S.C2H5NO/c11-14(12,13)10-7-3-5-8-4-1-2-6-9(8)10;1-2(3)4/h1-7H,(H2,11,12,13);1H3,(H2,3,4). The number of primary amides is 1. The van der Waals surface area contributed by atoms with Crippen LogP contribution < -0.4 is 10.9 Å². The molecular weight excluding hydrogens is 252 g/mol. The third-order valence-electron chi connectivity index (χ3n) is 2.06. The minimum Gasteiger partial charge on any atom is -0.370 e. The Morgan fingerprint density at radius 1 is 1.06 bits per heavy atom. The number of hydrogen-bond donors (Lipinski definition) is 2. The zero-order valence-corrected chi connectivity index (χ0v) is 10.6. The van der Waals surface area contributed by atoms with Gasteiger partial charge in [0.25, 0.3) is 0 Å². The van der Waals surface area contributed by atoms with E-state index in [2.05, 4.69) is 5.73 Å². The van der Waals surface area contributed by atoms with Crippen molar-refractivity contribution in [1.82, 2.24) is 0 Å². The number of amides is 1. The second-order valence-electron chi connectivity index (χ2n) is 3.63. The molecular formula is C12H14N2O3S. The molecule has 0 aliphatic rings. The van der Waals surface area contributed by atoms with Crippen LogP contribution in [0.25, 0.3) is 10.8 Å². The van der Waals surface area contributed by atoms with Crippen LogP contribution >= 0.6 is 0 Å². The quantitative estimate of drug-likeness (QED) is 0.803. The van der Waals surface area contributed by atoms with Gasteiger partial charge in [0.1, 0.15) is 0 Å². The Morgan fingerprint density at radius 2 is 1.56 bits per heavy atom. The summed E-state index contributed by atoms with van der Waals surface area (Å²) >= 11 is 0. The zero-order valence-electron chi connectivity index (χ0n) is 9.83. The van der Waals surface area contributed by atoms with Crippen molar-refractivity contribution in [2.45, 2.75) is 11.8 Å². The summed E-state index contributed by atoms with van der Waals surface area (Å²) in [6, 6.07) is 12.3. The highest BCUT2D eigenvalue weighted by Crippen LogP contribution is 2.21. The van der Waals surface area contributed by atoms with Crippen LogP contribution in [-0.2, 0) is 14.8 Å². The van der Waals surface area contributed by atoms with Crippen LogP contribution in [-0.4, -0.2) is 14.3 Å². The van der Waals surface area contributed by atoms with Gasteiger partial charge in [0, 0.05) is 12.3 Å². The molecule has 0 heterocycles. The van der Waals surface area contributed by atoms with E-state index in [-0.39, 0.29) is 10.8 Å². The van der Waals surface area contributed by atoms with Gasteiger partial charge < -0.3 is 5.73 Å². The number of rotatable bonds is 1. The maximum atomic E-state index is 11.2. The number of hydrogen-bond acceptors (Lipinski definition) is 3. The van der Waals surface area contributed by atoms with Crippen molar-refractivity contribution in [3.8, 4) is 0 Å². The van der Waals surface area contributed by atoms with Crippen LogP contribution in [0.15, 0.2) is 47.4 Å². The molecule has 5 nitrogen and oxygen atoms in total. The molecule has 0 bridgehead atoms. The summed E-state index contributed by atoms with van der Waals surface area (Å²) in [6.45, 7) is 1.31. The molecule has 0 aliphatic carbocycles. The highest BCUT2D eigenvalue weighted by Gasteiger charge is 2.10. The van der Waals surface area contributed by atoms with E-state index in [1.165, 1.54) is 13.0 Å². The van der Waals surface area contributed by atoms with Gasteiger partial charge >= 0.3 is 0 Å². The third-order valence-corrected chi connectivity index (χ3v) is 3.03. The lowest BCUT2D eigenvalue weighted by Crippen LogP contribution is -2.12. The largest absolute Gasteiger partial charge is 0.370 e. The van der Waals surface area contributed by atoms with E-state index in [4.69, 9.17) is 5.14 Å². The molecule has 0 saturated heterocycles. The molecule has 2 aromatic rings. The fraction of sp³-hybridized carbons (Fsp3) is 0.0833. The van der Waals surface area contributed by atoms with Crippen LogP contribution in [0.1, 0.15) is 6.92 Å². The van der Waals surface area contributed by atoms with Gasteiger partial charge in [-0.1, -0.05) is 36.4 Å². The zero-order chi connectivity index (χ0) is 13.8. The number of sulfonamides is 1. The monoisotopic (exact) mass is 266 g/mol. The van der Waals surface area contributed by atoms with Crippen molar-refractivity contribution in [2.24, 2.45) is 10.9 Å². The van der Waals surface area contributed by atoms with E-state index in [0.29, 0.717) is 5.39 Å². The fourth-order valence-electron chi connectivity index (χ4n) is 1.44. The van der Waals surface area contributed by atoms with Gasteiger partial charge in [-0.15, -0.1) is 0 Å². The molecule has 0 aliphatic heterocycles. The lowest BCUT2D eigenvalue weighted by atomic mass is 10.1. The molecule has 18 heavy (non-hydrogen) atoms. The van der Waals surface area contributed by atoms with E-state index in [9.17, 15) is 13.2 Å². The van der Waals surface area contributed by atoms with Crippen molar-refractivity contribution in [3.05, 3.63) is 42.5 Å². The molecule has 1 amide bonds. The number of fused-ring (bicyclic) bond motifs is 1. The van der Waals surface area contributed by atoms with Crippen LogP contribution in [0.5, 0.6) is 0 Å². The summed E-state index contributed by atoms with van der Waals surface area (Å²) in [7, 11) is -3.63. The molecule has 0 unspecified atom stereocenters. The molecule has 0 spiro atoms. The Hall–Kier alpha value is -1.92. The van der Waals surface area contributed by atoms with Crippen molar-refractivity contribution in [1.29, 1.82) is 0 Å². The number of primary sulfonamides is 1. The third kappa shape index (κ3) is 3.83. The van der Waals surface area contributed by atoms with Gasteiger partial charge in [-0.3, -0.25) is 4.79 Å². The van der Waals surface area contributed by atoms with Gasteiger partial charge in [0.15, 0.2) is 0 Å². The molecule has 2 rings (SSSR count). The topological polar surface area (TPSA) is 103 Å². The molecule has 0 fully saturated rings. The van der Waals surface area contributed by atoms with Gasteiger partial charge in [0.2, 0.25) is 15.9 Å². The minimum absolute atomic E-state index is 0.176. The number of benzene rings is 2. The average Bonchev–Trinajstić information content (AvgIpc) is 2.26. The highest BCUT2D eigenvalue weighted by molar-refractivity contribution is 7.89. The van der Waals surface area contributed by atoms with E-state index in [0.717, 1.165) is 5.39 Å². The highest BCUT2D eigenvalue weighted by atomic mass is 32.2. The number of carbonyl (C=O) groups excluding carboxylic acids is 1. The van der Waals surface area contributed by atoms with Crippen molar-refractivity contribution < 1.29 is 13.2 Å². The van der Waals surface area contributed by atoms with E-state index < -0.39 is 10.0 Å². The van der Waals surface area contributed by atoms with Crippen LogP contribution in [0.4, 0.5) is 0 Å². The van der Waals surface area contributed by atoms with Gasteiger partial charge in [-0.05, 0) is 11.5 Å². The minimum atomic E-state index is -3.63. The summed E-state index contributed by atoms with van der Waals surface area (Å²) in [5.74, 6) is -0.333. The normalized spacial score (nSPS) is 10.6. The lowest BCUT2D eigenvalue weighted by Gasteiger charge is -2.02. The maximum absolute atomic E-state index is 11.2. The Labute approximate surface area is 105 Å². The van der Waals surface area contributed by atoms with E-state index in [1.54, 1.807) is 18.2 Å². The summed E-state index contributed by atoms with van der Waals surface area (Å²) < 4.78 is 22.4. The smallest absolute Gasteiger partial charge is 0.238 e. The second kappa shape index (κ2) is 5.61. The molecule has 96 valence electrons. The first-order chi connectivity index (χ1) is 8.32. The SMILES string of the molecule is CC(N)=O.NS(=O)(=O)c1cccc2ccccc12. The van der Waals surface area contributed by atoms with Crippen LogP contribution in [0.2, 0.25) is 0 Å². The van der Waals surface area contributed by atoms with Crippen LogP contribution in [0, 0.1) is 0 Å². The molecule has 6 heteroatoms. The predicted molar refractivity (Wildman–Crippen MR) is 70.2 cm³/mol. The first-order valence-corrected chi connectivity index (χ1v) is 6.63. The molecule has 0 saturated carbocycles. The first-order valence-electron chi connectivity index (χ1n) is 5.09. The second-order valence-corrected chi connectivity index (χ2v) is 5.16. The van der Waals surface area contributed by atoms with Gasteiger partial charge in [-0.25, -0.2) is 13.6 Å². The summed E-state index contributed by atoms with van der Waals surface area (Å²) in [6.07, 6.45) is 0. The Bertz CT molecular complexity index is 657. The molecule has 2 aromatic carbocycles. The van der Waals surface area contributed by atoms with Crippen molar-refractivity contribution >= 4 is 26.7 Å². The predicted octanol–water partition coefficient (Wildman–Crippen LogP) is 0.979. The summed E-state index contributed by atoms with van der Waals surface area (Å²) in [4.78, 5) is 9.40. The van der Waals surface area contributed by atoms with Gasteiger partial charge in [-0.2, -0.15) is 0 Å². The Morgan fingerprint density at radius 3 is 2.11 bits per heavy atom. The van der Waals surface area contributed by atoms with Crippen molar-refractivity contribution in [2.75, 3.05) is 0 Å². The molecule has 4 N–H and O–H groups in total. The van der Waals surface area contributed by atoms with Gasteiger partial charge in [0.05, 0.1) is 4.90 Å².